The van der Waals surface area contributed by atoms with Crippen LogP contribution in [0.3, 0.4) is 0 Å². The molecule has 2 aliphatic rings. The lowest BCUT2D eigenvalue weighted by atomic mass is 9.99. The lowest BCUT2D eigenvalue weighted by Gasteiger charge is -2.19. The molecule has 0 radical (unpaired) electrons. The number of hydrogen-bond acceptors (Lipinski definition) is 2. The Morgan fingerprint density at radius 2 is 2.00 bits per heavy atom. The first kappa shape index (κ1) is 11.9. The first-order valence-electron chi connectivity index (χ1n) is 7.13. The van der Waals surface area contributed by atoms with Gasteiger partial charge >= 0.3 is 0 Å². The van der Waals surface area contributed by atoms with Crippen molar-refractivity contribution >= 4 is 5.78 Å². The van der Waals surface area contributed by atoms with Gasteiger partial charge in [-0.25, -0.2) is 0 Å². The zero-order valence-electron chi connectivity index (χ0n) is 10.8. The van der Waals surface area contributed by atoms with Gasteiger partial charge in [-0.3, -0.25) is 4.79 Å². The summed E-state index contributed by atoms with van der Waals surface area (Å²) in [7, 11) is 0. The Balaban J connectivity index is 1.57. The summed E-state index contributed by atoms with van der Waals surface area (Å²) in [6, 6.07) is 10.8. The summed E-state index contributed by atoms with van der Waals surface area (Å²) in [4.78, 5) is 14.2. The van der Waals surface area contributed by atoms with Crippen molar-refractivity contribution in [1.29, 1.82) is 0 Å². The van der Waals surface area contributed by atoms with Crippen LogP contribution in [-0.4, -0.2) is 30.3 Å². The summed E-state index contributed by atoms with van der Waals surface area (Å²) in [5, 5.41) is 0. The van der Waals surface area contributed by atoms with E-state index in [1.54, 1.807) is 0 Å². The molecule has 3 rings (SSSR count). The molecule has 0 aromatic heterocycles. The van der Waals surface area contributed by atoms with Gasteiger partial charge in [0.05, 0.1) is 0 Å². The van der Waals surface area contributed by atoms with E-state index >= 15 is 0 Å². The standard InChI is InChI=1S/C16H21NO/c18-16-8-4-7-15(16)12-17-10-9-14(11-17)13-5-2-1-3-6-13/h1-3,5-6,14-15H,4,7-12H2. The van der Waals surface area contributed by atoms with Gasteiger partial charge < -0.3 is 4.90 Å². The topological polar surface area (TPSA) is 20.3 Å². The highest BCUT2D eigenvalue weighted by atomic mass is 16.1. The molecule has 1 saturated heterocycles. The van der Waals surface area contributed by atoms with Crippen molar-refractivity contribution in [2.24, 2.45) is 5.92 Å². The van der Waals surface area contributed by atoms with Crippen LogP contribution in [0.5, 0.6) is 0 Å². The van der Waals surface area contributed by atoms with E-state index in [1.165, 1.54) is 12.0 Å². The van der Waals surface area contributed by atoms with E-state index in [0.717, 1.165) is 38.9 Å². The fraction of sp³-hybridized carbons (Fsp3) is 0.562. The Morgan fingerprint density at radius 3 is 2.72 bits per heavy atom. The highest BCUT2D eigenvalue weighted by Gasteiger charge is 2.30. The third kappa shape index (κ3) is 2.49. The van der Waals surface area contributed by atoms with Gasteiger partial charge in [-0.05, 0) is 37.3 Å². The van der Waals surface area contributed by atoms with Crippen molar-refractivity contribution in [2.75, 3.05) is 19.6 Å². The maximum atomic E-state index is 11.7. The number of ketones is 1. The summed E-state index contributed by atoms with van der Waals surface area (Å²) in [5.74, 6) is 1.50. The normalized spacial score (nSPS) is 29.0. The number of carbonyl (C=O) groups excluding carboxylic acids is 1. The van der Waals surface area contributed by atoms with E-state index in [-0.39, 0.29) is 0 Å². The van der Waals surface area contributed by atoms with E-state index in [0.29, 0.717) is 17.6 Å². The molecule has 2 fully saturated rings. The molecule has 96 valence electrons. The Labute approximate surface area is 109 Å². The minimum absolute atomic E-state index is 0.333. The van der Waals surface area contributed by atoms with Crippen LogP contribution in [-0.2, 0) is 4.79 Å². The minimum Gasteiger partial charge on any atom is -0.302 e. The molecular formula is C16H21NO. The smallest absolute Gasteiger partial charge is 0.137 e. The summed E-state index contributed by atoms with van der Waals surface area (Å²) in [6.45, 7) is 3.29. The number of nitrogens with zero attached hydrogens (tertiary/aromatic N) is 1. The number of benzene rings is 1. The van der Waals surface area contributed by atoms with Crippen LogP contribution in [0.1, 0.15) is 37.2 Å². The monoisotopic (exact) mass is 243 g/mol. The number of Topliss-reactive ketones (excluding diaryl/α,β-unsaturated/α-hetero) is 1. The molecule has 2 nitrogen and oxygen atoms in total. The van der Waals surface area contributed by atoms with Gasteiger partial charge in [-0.2, -0.15) is 0 Å². The third-order valence-corrected chi connectivity index (χ3v) is 4.45. The van der Waals surface area contributed by atoms with E-state index in [9.17, 15) is 4.79 Å². The highest BCUT2D eigenvalue weighted by molar-refractivity contribution is 5.83. The molecule has 1 heterocycles. The van der Waals surface area contributed by atoms with Crippen LogP contribution in [0.15, 0.2) is 30.3 Å². The molecule has 1 saturated carbocycles. The van der Waals surface area contributed by atoms with Gasteiger partial charge in [-0.15, -0.1) is 0 Å². The Morgan fingerprint density at radius 1 is 1.17 bits per heavy atom. The third-order valence-electron chi connectivity index (χ3n) is 4.45. The second-order valence-corrected chi connectivity index (χ2v) is 5.71. The molecule has 2 unspecified atom stereocenters. The van der Waals surface area contributed by atoms with E-state index in [1.807, 2.05) is 0 Å². The lowest BCUT2D eigenvalue weighted by Crippen LogP contribution is -2.29. The first-order chi connectivity index (χ1) is 8.83. The molecule has 2 atom stereocenters. The van der Waals surface area contributed by atoms with Crippen molar-refractivity contribution in [1.82, 2.24) is 4.90 Å². The highest BCUT2D eigenvalue weighted by Crippen LogP contribution is 2.29. The number of carbonyl (C=O) groups is 1. The zero-order valence-corrected chi connectivity index (χ0v) is 10.8. The quantitative estimate of drug-likeness (QED) is 0.813. The molecule has 0 bridgehead atoms. The Kier molecular flexibility index (Phi) is 3.46. The summed E-state index contributed by atoms with van der Waals surface area (Å²) < 4.78 is 0. The average Bonchev–Trinajstić information content (AvgIpc) is 3.02. The molecule has 1 aliphatic carbocycles. The van der Waals surface area contributed by atoms with Crippen LogP contribution in [0, 0.1) is 5.92 Å². The molecule has 0 spiro atoms. The molecule has 0 amide bonds. The van der Waals surface area contributed by atoms with Crippen molar-refractivity contribution in [3.63, 3.8) is 0 Å². The Bertz CT molecular complexity index is 414. The summed E-state index contributed by atoms with van der Waals surface area (Å²) >= 11 is 0. The van der Waals surface area contributed by atoms with Crippen LogP contribution in [0.2, 0.25) is 0 Å². The van der Waals surface area contributed by atoms with E-state index < -0.39 is 0 Å². The molecule has 18 heavy (non-hydrogen) atoms. The average molecular weight is 243 g/mol. The first-order valence-corrected chi connectivity index (χ1v) is 7.13. The van der Waals surface area contributed by atoms with Crippen LogP contribution in [0.4, 0.5) is 0 Å². The fourth-order valence-electron chi connectivity index (χ4n) is 3.39. The largest absolute Gasteiger partial charge is 0.302 e. The van der Waals surface area contributed by atoms with Crippen molar-refractivity contribution in [2.45, 2.75) is 31.6 Å². The predicted octanol–water partition coefficient (Wildman–Crippen LogP) is 2.85. The minimum atomic E-state index is 0.333. The van der Waals surface area contributed by atoms with Gasteiger partial charge in [0.15, 0.2) is 0 Å². The molecule has 1 aromatic rings. The van der Waals surface area contributed by atoms with Crippen molar-refractivity contribution < 1.29 is 4.79 Å². The second kappa shape index (κ2) is 5.23. The Hall–Kier alpha value is -1.15. The number of rotatable bonds is 3. The fourth-order valence-corrected chi connectivity index (χ4v) is 3.39. The van der Waals surface area contributed by atoms with Gasteiger partial charge in [0.2, 0.25) is 0 Å². The molecule has 1 aliphatic heterocycles. The van der Waals surface area contributed by atoms with Gasteiger partial charge in [-0.1, -0.05) is 30.3 Å². The lowest BCUT2D eigenvalue weighted by molar-refractivity contribution is -0.121. The van der Waals surface area contributed by atoms with Gasteiger partial charge in [0.25, 0.3) is 0 Å². The maximum absolute atomic E-state index is 11.7. The zero-order chi connectivity index (χ0) is 12.4. The molecular weight excluding hydrogens is 222 g/mol. The van der Waals surface area contributed by atoms with Crippen LogP contribution < -0.4 is 0 Å². The summed E-state index contributed by atoms with van der Waals surface area (Å²) in [5.41, 5.74) is 1.46. The van der Waals surface area contributed by atoms with Crippen molar-refractivity contribution in [3.05, 3.63) is 35.9 Å². The number of likely N-dealkylation sites (tertiary alicyclic amines) is 1. The molecule has 1 aromatic carbocycles. The summed E-state index contributed by atoms with van der Waals surface area (Å²) in [6.07, 6.45) is 4.29. The number of hydrogen-bond donors (Lipinski definition) is 0. The molecule has 2 heteroatoms. The van der Waals surface area contributed by atoms with Crippen LogP contribution >= 0.6 is 0 Å². The van der Waals surface area contributed by atoms with Gasteiger partial charge in [0, 0.05) is 25.4 Å². The van der Waals surface area contributed by atoms with Crippen LogP contribution in [0.25, 0.3) is 0 Å². The van der Waals surface area contributed by atoms with Gasteiger partial charge in [0.1, 0.15) is 5.78 Å². The maximum Gasteiger partial charge on any atom is 0.137 e. The molecule has 0 N–H and O–H groups in total. The van der Waals surface area contributed by atoms with E-state index in [2.05, 4.69) is 35.2 Å². The predicted molar refractivity (Wildman–Crippen MR) is 72.6 cm³/mol. The van der Waals surface area contributed by atoms with E-state index in [4.69, 9.17) is 0 Å². The van der Waals surface area contributed by atoms with Crippen molar-refractivity contribution in [3.8, 4) is 0 Å². The SMILES string of the molecule is O=C1CCCC1CN1CCC(c2ccccc2)C1. The second-order valence-electron chi connectivity index (χ2n) is 5.71.